The number of rotatable bonds is 8. The number of aliphatic carboxylic acids is 1. The van der Waals surface area contributed by atoms with Gasteiger partial charge < -0.3 is 15.7 Å². The van der Waals surface area contributed by atoms with Crippen LogP contribution in [0.2, 0.25) is 0 Å². The topological polar surface area (TPSA) is 95.5 Å². The van der Waals surface area contributed by atoms with Crippen molar-refractivity contribution >= 4 is 17.8 Å². The van der Waals surface area contributed by atoms with E-state index in [1.165, 1.54) is 0 Å². The molecule has 2 rings (SSSR count). The Kier molecular flexibility index (Phi) is 7.11. The summed E-state index contributed by atoms with van der Waals surface area (Å²) in [4.78, 5) is 35.6. The Bertz CT molecular complexity index is 786. The number of hydrogen-bond donors (Lipinski definition) is 3. The van der Waals surface area contributed by atoms with Gasteiger partial charge in [0.1, 0.15) is 6.04 Å². The molecule has 2 amide bonds. The fourth-order valence-electron chi connectivity index (χ4n) is 2.61. The van der Waals surface area contributed by atoms with Crippen LogP contribution in [-0.2, 0) is 9.59 Å². The zero-order chi connectivity index (χ0) is 19.8. The quantitative estimate of drug-likeness (QED) is 0.668. The number of carbonyl (C=O) groups excluding carboxylic acids is 2. The average molecular weight is 368 g/mol. The summed E-state index contributed by atoms with van der Waals surface area (Å²) in [6.07, 6.45) is -0.175. The molecule has 142 valence electrons. The maximum absolute atomic E-state index is 12.5. The van der Waals surface area contributed by atoms with Crippen molar-refractivity contribution in [1.82, 2.24) is 10.6 Å². The molecule has 0 bridgehead atoms. The fraction of sp³-hybridized carbons (Fsp3) is 0.286. The van der Waals surface area contributed by atoms with Crippen LogP contribution in [0, 0.1) is 0 Å². The lowest BCUT2D eigenvalue weighted by Crippen LogP contribution is -2.48. The van der Waals surface area contributed by atoms with Crippen LogP contribution < -0.4 is 10.6 Å². The SMILES string of the molecule is CC(C)NC(=O)[C@H](CCC(=O)O)NC(=O)c1ccc(-c2ccccc2)cc1. The second-order valence-electron chi connectivity index (χ2n) is 6.57. The Morgan fingerprint density at radius 1 is 0.889 bits per heavy atom. The van der Waals surface area contributed by atoms with E-state index in [4.69, 9.17) is 5.11 Å². The minimum atomic E-state index is -1.01. The van der Waals surface area contributed by atoms with Gasteiger partial charge in [0, 0.05) is 18.0 Å². The largest absolute Gasteiger partial charge is 0.481 e. The van der Waals surface area contributed by atoms with Crippen molar-refractivity contribution < 1.29 is 19.5 Å². The Labute approximate surface area is 158 Å². The molecule has 0 saturated heterocycles. The third-order valence-electron chi connectivity index (χ3n) is 3.95. The summed E-state index contributed by atoms with van der Waals surface area (Å²) in [7, 11) is 0. The number of nitrogens with one attached hydrogen (secondary N) is 2. The molecule has 0 aromatic heterocycles. The first-order chi connectivity index (χ1) is 12.9. The summed E-state index contributed by atoms with van der Waals surface area (Å²) in [5.74, 6) is -1.82. The van der Waals surface area contributed by atoms with E-state index >= 15 is 0 Å². The maximum Gasteiger partial charge on any atom is 0.303 e. The smallest absolute Gasteiger partial charge is 0.303 e. The van der Waals surface area contributed by atoms with Crippen molar-refractivity contribution in [1.29, 1.82) is 0 Å². The van der Waals surface area contributed by atoms with Gasteiger partial charge in [0.05, 0.1) is 0 Å². The van der Waals surface area contributed by atoms with Gasteiger partial charge in [-0.25, -0.2) is 0 Å². The van der Waals surface area contributed by atoms with Crippen molar-refractivity contribution in [2.24, 2.45) is 0 Å². The van der Waals surface area contributed by atoms with E-state index in [1.54, 1.807) is 26.0 Å². The van der Waals surface area contributed by atoms with E-state index in [1.807, 2.05) is 42.5 Å². The maximum atomic E-state index is 12.5. The van der Waals surface area contributed by atoms with E-state index in [9.17, 15) is 14.4 Å². The van der Waals surface area contributed by atoms with Gasteiger partial charge in [-0.3, -0.25) is 14.4 Å². The third kappa shape index (κ3) is 6.26. The summed E-state index contributed by atoms with van der Waals surface area (Å²) >= 11 is 0. The van der Waals surface area contributed by atoms with E-state index in [0.717, 1.165) is 11.1 Å². The highest BCUT2D eigenvalue weighted by Gasteiger charge is 2.22. The molecule has 0 radical (unpaired) electrons. The summed E-state index contributed by atoms with van der Waals surface area (Å²) in [5, 5.41) is 14.2. The Balaban J connectivity index is 2.09. The van der Waals surface area contributed by atoms with Gasteiger partial charge >= 0.3 is 5.97 Å². The highest BCUT2D eigenvalue weighted by molar-refractivity contribution is 5.98. The molecule has 6 heteroatoms. The molecule has 0 unspecified atom stereocenters. The summed E-state index contributed by atoms with van der Waals surface area (Å²) in [6, 6.07) is 15.8. The average Bonchev–Trinajstić information content (AvgIpc) is 2.65. The first-order valence-electron chi connectivity index (χ1n) is 8.85. The van der Waals surface area contributed by atoms with E-state index in [2.05, 4.69) is 10.6 Å². The second kappa shape index (κ2) is 9.52. The van der Waals surface area contributed by atoms with Gasteiger partial charge in [0.2, 0.25) is 5.91 Å². The summed E-state index contributed by atoms with van der Waals surface area (Å²) in [6.45, 7) is 3.60. The van der Waals surface area contributed by atoms with Crippen LogP contribution in [0.25, 0.3) is 11.1 Å². The van der Waals surface area contributed by atoms with Gasteiger partial charge in [-0.05, 0) is 43.5 Å². The molecule has 0 heterocycles. The first kappa shape index (κ1) is 20.2. The van der Waals surface area contributed by atoms with Crippen LogP contribution >= 0.6 is 0 Å². The number of benzene rings is 2. The molecule has 27 heavy (non-hydrogen) atoms. The van der Waals surface area contributed by atoms with E-state index in [-0.39, 0.29) is 24.8 Å². The second-order valence-corrected chi connectivity index (χ2v) is 6.57. The number of hydrogen-bond acceptors (Lipinski definition) is 3. The monoisotopic (exact) mass is 368 g/mol. The Morgan fingerprint density at radius 3 is 2.04 bits per heavy atom. The standard InChI is InChI=1S/C21H24N2O4/c1-14(2)22-21(27)18(12-13-19(24)25)23-20(26)17-10-8-16(9-11-17)15-6-4-3-5-7-15/h3-11,14,18H,12-13H2,1-2H3,(H,22,27)(H,23,26)(H,24,25)/t18-/m0/s1. The summed E-state index contributed by atoms with van der Waals surface area (Å²) in [5.41, 5.74) is 2.43. The Hall–Kier alpha value is -3.15. The van der Waals surface area contributed by atoms with Crippen molar-refractivity contribution in [2.75, 3.05) is 0 Å². The van der Waals surface area contributed by atoms with Gasteiger partial charge in [-0.1, -0.05) is 42.5 Å². The highest BCUT2D eigenvalue weighted by atomic mass is 16.4. The Morgan fingerprint density at radius 2 is 1.48 bits per heavy atom. The van der Waals surface area contributed by atoms with Gasteiger partial charge in [-0.2, -0.15) is 0 Å². The predicted octanol–water partition coefficient (Wildman–Crippen LogP) is 2.84. The van der Waals surface area contributed by atoms with Gasteiger partial charge in [0.25, 0.3) is 5.91 Å². The lowest BCUT2D eigenvalue weighted by molar-refractivity contribution is -0.137. The number of carboxylic acids is 1. The van der Waals surface area contributed by atoms with Gasteiger partial charge in [-0.15, -0.1) is 0 Å². The van der Waals surface area contributed by atoms with Crippen LogP contribution in [0.5, 0.6) is 0 Å². The normalized spacial score (nSPS) is 11.7. The van der Waals surface area contributed by atoms with Crippen molar-refractivity contribution in [3.63, 3.8) is 0 Å². The lowest BCUT2D eigenvalue weighted by Gasteiger charge is -2.19. The number of amides is 2. The van der Waals surface area contributed by atoms with Crippen LogP contribution in [-0.4, -0.2) is 35.0 Å². The molecule has 2 aromatic carbocycles. The molecule has 2 aromatic rings. The highest BCUT2D eigenvalue weighted by Crippen LogP contribution is 2.19. The predicted molar refractivity (Wildman–Crippen MR) is 103 cm³/mol. The zero-order valence-corrected chi connectivity index (χ0v) is 15.4. The van der Waals surface area contributed by atoms with Crippen molar-refractivity contribution in [2.45, 2.75) is 38.8 Å². The van der Waals surface area contributed by atoms with E-state index < -0.39 is 17.9 Å². The minimum Gasteiger partial charge on any atom is -0.481 e. The van der Waals surface area contributed by atoms with Crippen molar-refractivity contribution in [3.05, 3.63) is 60.2 Å². The van der Waals surface area contributed by atoms with Crippen LogP contribution in [0.3, 0.4) is 0 Å². The molecule has 0 aliphatic heterocycles. The lowest BCUT2D eigenvalue weighted by atomic mass is 10.0. The number of carbonyl (C=O) groups is 3. The molecular weight excluding hydrogens is 344 g/mol. The van der Waals surface area contributed by atoms with Crippen LogP contribution in [0.1, 0.15) is 37.0 Å². The molecule has 0 aliphatic carbocycles. The minimum absolute atomic E-state index is 0.0295. The molecule has 6 nitrogen and oxygen atoms in total. The van der Waals surface area contributed by atoms with E-state index in [0.29, 0.717) is 5.56 Å². The molecule has 0 saturated carbocycles. The first-order valence-corrected chi connectivity index (χ1v) is 8.85. The van der Waals surface area contributed by atoms with Crippen LogP contribution in [0.4, 0.5) is 0 Å². The third-order valence-corrected chi connectivity index (χ3v) is 3.95. The molecule has 0 spiro atoms. The fourth-order valence-corrected chi connectivity index (χ4v) is 2.61. The molecule has 0 aliphatic rings. The van der Waals surface area contributed by atoms with Crippen molar-refractivity contribution in [3.8, 4) is 11.1 Å². The molecule has 1 atom stereocenters. The van der Waals surface area contributed by atoms with Crippen LogP contribution in [0.15, 0.2) is 54.6 Å². The molecular formula is C21H24N2O4. The molecule has 0 fully saturated rings. The molecule has 3 N–H and O–H groups in total. The zero-order valence-electron chi connectivity index (χ0n) is 15.4. The number of carboxylic acid groups (broad SMARTS) is 1. The summed E-state index contributed by atoms with van der Waals surface area (Å²) < 4.78 is 0. The van der Waals surface area contributed by atoms with Gasteiger partial charge in [0.15, 0.2) is 0 Å².